The molecule has 0 amide bonds. The molecule has 12 rings (SSSR count). The Morgan fingerprint density at radius 3 is 1.63 bits per heavy atom. The Labute approximate surface area is 338 Å². The highest BCUT2D eigenvalue weighted by atomic mass is 32.1. The second kappa shape index (κ2) is 12.9. The summed E-state index contributed by atoms with van der Waals surface area (Å²) in [6.07, 6.45) is 0. The van der Waals surface area contributed by atoms with Gasteiger partial charge < -0.3 is 0 Å². The van der Waals surface area contributed by atoms with E-state index in [1.807, 2.05) is 24.3 Å². The van der Waals surface area contributed by atoms with Gasteiger partial charge in [0.2, 0.25) is 0 Å². The van der Waals surface area contributed by atoms with Crippen LogP contribution in [-0.2, 0) is 0 Å². The minimum absolute atomic E-state index is 0.647. The van der Waals surface area contributed by atoms with Crippen molar-refractivity contribution in [2.45, 2.75) is 0 Å². The number of thiophene rings is 3. The van der Waals surface area contributed by atoms with Crippen molar-refractivity contribution < 1.29 is 0 Å². The first-order valence-electron chi connectivity index (χ1n) is 18.7. The smallest absolute Gasteiger partial charge is 0.164 e. The number of nitrogens with zero attached hydrogens (tertiary/aromatic N) is 5. The average Bonchev–Trinajstić information content (AvgIpc) is 3.97. The highest BCUT2D eigenvalue weighted by molar-refractivity contribution is 7.26. The molecular weight excluding hydrogens is 755 g/mol. The van der Waals surface area contributed by atoms with E-state index in [1.54, 1.807) is 34.0 Å². The van der Waals surface area contributed by atoms with Gasteiger partial charge in [-0.25, -0.2) is 24.9 Å². The van der Waals surface area contributed by atoms with Crippen LogP contribution in [-0.4, -0.2) is 24.9 Å². The fourth-order valence-electron chi connectivity index (χ4n) is 7.87. The molecule has 0 atom stereocenters. The zero-order valence-corrected chi connectivity index (χ0v) is 32.5. The summed E-state index contributed by atoms with van der Waals surface area (Å²) in [6.45, 7) is 0. The van der Waals surface area contributed by atoms with E-state index < -0.39 is 0 Å². The van der Waals surface area contributed by atoms with Crippen molar-refractivity contribution in [3.63, 3.8) is 0 Å². The number of hydrogen-bond acceptors (Lipinski definition) is 8. The summed E-state index contributed by atoms with van der Waals surface area (Å²) >= 11 is 5.32. The third-order valence-corrected chi connectivity index (χ3v) is 14.0. The van der Waals surface area contributed by atoms with Gasteiger partial charge in [-0.1, -0.05) is 133 Å². The van der Waals surface area contributed by atoms with Gasteiger partial charge in [-0.2, -0.15) is 0 Å². The molecule has 0 saturated carbocycles. The van der Waals surface area contributed by atoms with Gasteiger partial charge in [0.05, 0.1) is 15.9 Å². The number of fused-ring (bicyclic) bond motifs is 9. The lowest BCUT2D eigenvalue weighted by molar-refractivity contribution is 1.08. The zero-order chi connectivity index (χ0) is 37.5. The van der Waals surface area contributed by atoms with Gasteiger partial charge in [0, 0.05) is 78.2 Å². The molecule has 0 N–H and O–H groups in total. The molecule has 8 heteroatoms. The van der Waals surface area contributed by atoms with E-state index in [-0.39, 0.29) is 0 Å². The largest absolute Gasteiger partial charge is 0.226 e. The van der Waals surface area contributed by atoms with Crippen LogP contribution < -0.4 is 0 Å². The van der Waals surface area contributed by atoms with Crippen molar-refractivity contribution in [3.05, 3.63) is 164 Å². The predicted octanol–water partition coefficient (Wildman–Crippen LogP) is 14.1. The van der Waals surface area contributed by atoms with Crippen molar-refractivity contribution >= 4 is 94.7 Å². The van der Waals surface area contributed by atoms with Crippen molar-refractivity contribution in [2.24, 2.45) is 0 Å². The van der Waals surface area contributed by atoms with Crippen LogP contribution in [0.1, 0.15) is 0 Å². The van der Waals surface area contributed by atoms with Crippen LogP contribution in [0.5, 0.6) is 0 Å². The summed E-state index contributed by atoms with van der Waals surface area (Å²) in [5, 5.41) is 5.95. The highest BCUT2D eigenvalue weighted by Gasteiger charge is 2.20. The third-order valence-electron chi connectivity index (χ3n) is 10.6. The Morgan fingerprint density at radius 2 is 0.860 bits per heavy atom. The molecule has 5 aromatic heterocycles. The topological polar surface area (TPSA) is 64.5 Å². The molecule has 0 radical (unpaired) electrons. The summed E-state index contributed by atoms with van der Waals surface area (Å²) in [6, 6.07) is 57.3. The quantitative estimate of drug-likeness (QED) is 0.174. The van der Waals surface area contributed by atoms with Gasteiger partial charge in [0.25, 0.3) is 0 Å². The fourth-order valence-corrected chi connectivity index (χ4v) is 11.3. The standard InChI is InChI=1S/C49H27N5S3/c1-3-12-28(13-4-1)43-45-44(35-17-8-10-20-38(35)57-45)51-47(50-43)30-23-25-34-41(27-30)56-39-21-11-18-36(42(34)39)49-53-46(29-14-5-2-6-15-29)52-48(54-49)31-22-24-33-32-16-7-9-19-37(32)55-40(33)26-31/h1-27H. The number of benzene rings is 7. The normalized spacial score (nSPS) is 11.9. The lowest BCUT2D eigenvalue weighted by atomic mass is 10.0. The summed E-state index contributed by atoms with van der Waals surface area (Å²) < 4.78 is 7.12. The molecule has 0 unspecified atom stereocenters. The van der Waals surface area contributed by atoms with Crippen LogP contribution in [0, 0.1) is 0 Å². The predicted molar refractivity (Wildman–Crippen MR) is 241 cm³/mol. The molecule has 266 valence electrons. The van der Waals surface area contributed by atoms with Crippen LogP contribution in [0.25, 0.3) is 117 Å². The van der Waals surface area contributed by atoms with Gasteiger partial charge in [-0.3, -0.25) is 0 Å². The van der Waals surface area contributed by atoms with Crippen molar-refractivity contribution in [3.8, 4) is 56.8 Å². The van der Waals surface area contributed by atoms with Crippen molar-refractivity contribution in [1.29, 1.82) is 0 Å². The van der Waals surface area contributed by atoms with Gasteiger partial charge in [0.15, 0.2) is 23.3 Å². The second-order valence-corrected chi connectivity index (χ2v) is 17.2. The summed E-state index contributed by atoms with van der Waals surface area (Å²) in [5.74, 6) is 2.67. The maximum Gasteiger partial charge on any atom is 0.164 e. The Balaban J connectivity index is 1.03. The first-order valence-corrected chi connectivity index (χ1v) is 21.1. The van der Waals surface area contributed by atoms with Crippen molar-refractivity contribution in [2.75, 3.05) is 0 Å². The van der Waals surface area contributed by atoms with Gasteiger partial charge >= 0.3 is 0 Å². The molecule has 0 spiro atoms. The molecule has 0 aliphatic carbocycles. The van der Waals surface area contributed by atoms with E-state index >= 15 is 0 Å². The first kappa shape index (κ1) is 32.5. The molecule has 7 aromatic carbocycles. The van der Waals surface area contributed by atoms with Gasteiger partial charge in [0.1, 0.15) is 0 Å². The zero-order valence-electron chi connectivity index (χ0n) is 30.0. The molecule has 0 aliphatic rings. The molecule has 0 saturated heterocycles. The number of hydrogen-bond donors (Lipinski definition) is 0. The first-order chi connectivity index (χ1) is 28.2. The van der Waals surface area contributed by atoms with Crippen LogP contribution in [0.15, 0.2) is 164 Å². The molecule has 0 fully saturated rings. The Hall–Kier alpha value is -6.71. The van der Waals surface area contributed by atoms with E-state index in [4.69, 9.17) is 24.9 Å². The summed E-state index contributed by atoms with van der Waals surface area (Å²) in [7, 11) is 0. The summed E-state index contributed by atoms with van der Waals surface area (Å²) in [4.78, 5) is 25.9. The lowest BCUT2D eigenvalue weighted by Gasteiger charge is -2.10. The monoisotopic (exact) mass is 781 g/mol. The molecule has 5 heterocycles. The van der Waals surface area contributed by atoms with Crippen molar-refractivity contribution in [1.82, 2.24) is 24.9 Å². The Bertz CT molecular complexity index is 3530. The average molecular weight is 782 g/mol. The maximum atomic E-state index is 5.25. The van der Waals surface area contributed by atoms with E-state index in [2.05, 4.69) is 140 Å². The number of rotatable bonds is 5. The van der Waals surface area contributed by atoms with Gasteiger partial charge in [-0.15, -0.1) is 34.0 Å². The van der Waals surface area contributed by atoms with Crippen LogP contribution in [0.4, 0.5) is 0 Å². The van der Waals surface area contributed by atoms with E-state index in [0.717, 1.165) is 70.4 Å². The molecule has 57 heavy (non-hydrogen) atoms. The highest BCUT2D eigenvalue weighted by Crippen LogP contribution is 2.43. The third kappa shape index (κ3) is 5.37. The van der Waals surface area contributed by atoms with Crippen LogP contribution in [0.3, 0.4) is 0 Å². The Kier molecular flexibility index (Phi) is 7.38. The second-order valence-electron chi connectivity index (χ2n) is 14.0. The SMILES string of the molecule is c1ccc(-c2nc(-c3ccc4c(c3)sc3ccccc34)nc(-c3cccc4sc5cc(-c6nc(-c7ccccc7)c7sc8ccccc8c7n6)ccc5c34)n2)cc1. The van der Waals surface area contributed by atoms with Gasteiger partial charge in [-0.05, 0) is 30.3 Å². The lowest BCUT2D eigenvalue weighted by Crippen LogP contribution is -2.00. The minimum atomic E-state index is 0.647. The molecule has 0 bridgehead atoms. The molecule has 0 aliphatic heterocycles. The number of aromatic nitrogens is 5. The molecule has 12 aromatic rings. The van der Waals surface area contributed by atoms with E-state index in [0.29, 0.717) is 17.5 Å². The van der Waals surface area contributed by atoms with Crippen LogP contribution >= 0.6 is 34.0 Å². The maximum absolute atomic E-state index is 5.25. The van der Waals surface area contributed by atoms with Crippen LogP contribution in [0.2, 0.25) is 0 Å². The molecule has 5 nitrogen and oxygen atoms in total. The Morgan fingerprint density at radius 1 is 0.316 bits per heavy atom. The fraction of sp³-hybridized carbons (Fsp3) is 0. The van der Waals surface area contributed by atoms with E-state index in [1.165, 1.54) is 29.6 Å². The summed E-state index contributed by atoms with van der Waals surface area (Å²) in [5.41, 5.74) is 6.90. The minimum Gasteiger partial charge on any atom is -0.226 e. The molecular formula is C49H27N5S3. The van der Waals surface area contributed by atoms with E-state index in [9.17, 15) is 0 Å².